The average Bonchev–Trinajstić information content (AvgIpc) is 2.90. The Labute approximate surface area is 140 Å². The van der Waals surface area contributed by atoms with Crippen molar-refractivity contribution in [3.63, 3.8) is 0 Å². The first kappa shape index (κ1) is 15.2. The molecule has 116 valence electrons. The van der Waals surface area contributed by atoms with Gasteiger partial charge in [0.1, 0.15) is 5.58 Å². The van der Waals surface area contributed by atoms with Gasteiger partial charge in [-0.2, -0.15) is 0 Å². The Morgan fingerprint density at radius 3 is 2.70 bits per heavy atom. The Morgan fingerprint density at radius 1 is 1.17 bits per heavy atom. The van der Waals surface area contributed by atoms with Crippen LogP contribution in [0.5, 0.6) is 0 Å². The van der Waals surface area contributed by atoms with Gasteiger partial charge in [0.2, 0.25) is 0 Å². The first-order valence-electron chi connectivity index (χ1n) is 6.75. The maximum absolute atomic E-state index is 12.2. The number of hydrazine groups is 1. The standard InChI is InChI=1S/C16H12BrN3O3/c1-9-12-7-11(17)4-5-13(12)23-14(9)16(22)20-19-15(21)10-3-2-6-18-8-10/h2-8H,1H3,(H,19,21)(H,20,22). The Morgan fingerprint density at radius 2 is 1.96 bits per heavy atom. The van der Waals surface area contributed by atoms with Crippen LogP contribution in [0.3, 0.4) is 0 Å². The number of nitrogens with one attached hydrogen (secondary N) is 2. The van der Waals surface area contributed by atoms with Crippen molar-refractivity contribution in [3.05, 3.63) is 64.1 Å². The largest absolute Gasteiger partial charge is 0.451 e. The molecular weight excluding hydrogens is 362 g/mol. The fourth-order valence-electron chi connectivity index (χ4n) is 2.15. The zero-order valence-corrected chi connectivity index (χ0v) is 13.7. The van der Waals surface area contributed by atoms with Crippen LogP contribution in [-0.2, 0) is 0 Å². The van der Waals surface area contributed by atoms with Crippen LogP contribution < -0.4 is 10.9 Å². The zero-order chi connectivity index (χ0) is 16.4. The number of halogens is 1. The molecule has 0 aliphatic carbocycles. The summed E-state index contributed by atoms with van der Waals surface area (Å²) >= 11 is 3.38. The highest BCUT2D eigenvalue weighted by molar-refractivity contribution is 9.10. The normalized spacial score (nSPS) is 10.5. The highest BCUT2D eigenvalue weighted by Crippen LogP contribution is 2.27. The van der Waals surface area contributed by atoms with E-state index < -0.39 is 11.8 Å². The van der Waals surface area contributed by atoms with Gasteiger partial charge in [0.25, 0.3) is 5.91 Å². The van der Waals surface area contributed by atoms with Crippen molar-refractivity contribution in [2.75, 3.05) is 0 Å². The van der Waals surface area contributed by atoms with E-state index >= 15 is 0 Å². The van der Waals surface area contributed by atoms with E-state index in [0.717, 1.165) is 9.86 Å². The molecule has 0 saturated heterocycles. The lowest BCUT2D eigenvalue weighted by molar-refractivity contribution is 0.0831. The predicted octanol–water partition coefficient (Wildman–Crippen LogP) is 2.97. The molecule has 6 nitrogen and oxygen atoms in total. The molecule has 0 aliphatic rings. The molecule has 2 heterocycles. The van der Waals surface area contributed by atoms with E-state index in [2.05, 4.69) is 31.8 Å². The number of carbonyl (C=O) groups is 2. The third kappa shape index (κ3) is 3.09. The van der Waals surface area contributed by atoms with E-state index in [0.29, 0.717) is 16.7 Å². The number of aryl methyl sites for hydroxylation is 1. The lowest BCUT2D eigenvalue weighted by atomic mass is 10.1. The number of carbonyl (C=O) groups excluding carboxylic acids is 2. The minimum Gasteiger partial charge on any atom is -0.451 e. The summed E-state index contributed by atoms with van der Waals surface area (Å²) in [6.07, 6.45) is 2.97. The lowest BCUT2D eigenvalue weighted by Crippen LogP contribution is -2.41. The van der Waals surface area contributed by atoms with Gasteiger partial charge in [0, 0.05) is 27.8 Å². The molecule has 2 amide bonds. The van der Waals surface area contributed by atoms with Gasteiger partial charge in [-0.15, -0.1) is 0 Å². The molecule has 0 bridgehead atoms. The first-order chi connectivity index (χ1) is 11.1. The maximum atomic E-state index is 12.2. The lowest BCUT2D eigenvalue weighted by Gasteiger charge is -2.05. The van der Waals surface area contributed by atoms with Gasteiger partial charge in [-0.3, -0.25) is 25.4 Å². The number of hydrogen-bond donors (Lipinski definition) is 2. The van der Waals surface area contributed by atoms with Crippen molar-refractivity contribution < 1.29 is 14.0 Å². The maximum Gasteiger partial charge on any atom is 0.305 e. The summed E-state index contributed by atoms with van der Waals surface area (Å²) in [5.74, 6) is -0.820. The van der Waals surface area contributed by atoms with Crippen molar-refractivity contribution in [2.45, 2.75) is 6.92 Å². The number of nitrogens with zero attached hydrogens (tertiary/aromatic N) is 1. The molecule has 3 rings (SSSR count). The Balaban J connectivity index is 1.76. The number of fused-ring (bicyclic) bond motifs is 1. The fraction of sp³-hybridized carbons (Fsp3) is 0.0625. The summed E-state index contributed by atoms with van der Waals surface area (Å²) in [4.78, 5) is 27.9. The van der Waals surface area contributed by atoms with Gasteiger partial charge in [-0.25, -0.2) is 0 Å². The molecule has 23 heavy (non-hydrogen) atoms. The van der Waals surface area contributed by atoms with Crippen molar-refractivity contribution in [1.29, 1.82) is 0 Å². The Bertz CT molecular complexity index is 890. The van der Waals surface area contributed by atoms with Crippen molar-refractivity contribution in [2.24, 2.45) is 0 Å². The predicted molar refractivity (Wildman–Crippen MR) is 87.8 cm³/mol. The molecule has 0 fully saturated rings. The minimum absolute atomic E-state index is 0.157. The number of aromatic nitrogens is 1. The fourth-order valence-corrected chi connectivity index (χ4v) is 2.51. The van der Waals surface area contributed by atoms with Gasteiger partial charge in [0.15, 0.2) is 5.76 Å². The molecule has 0 radical (unpaired) electrons. The molecular formula is C16H12BrN3O3. The van der Waals surface area contributed by atoms with Crippen molar-refractivity contribution in [1.82, 2.24) is 15.8 Å². The second-order valence-corrected chi connectivity index (χ2v) is 5.76. The quantitative estimate of drug-likeness (QED) is 0.676. The average molecular weight is 374 g/mol. The number of rotatable bonds is 2. The van der Waals surface area contributed by atoms with Crippen LogP contribution in [0.4, 0.5) is 0 Å². The number of hydrogen-bond acceptors (Lipinski definition) is 4. The summed E-state index contributed by atoms with van der Waals surface area (Å²) in [5, 5.41) is 0.836. The Kier molecular flexibility index (Phi) is 4.12. The molecule has 3 aromatic rings. The highest BCUT2D eigenvalue weighted by Gasteiger charge is 2.18. The van der Waals surface area contributed by atoms with Crippen LogP contribution in [0.2, 0.25) is 0 Å². The number of pyridine rings is 1. The van der Waals surface area contributed by atoms with Gasteiger partial charge in [-0.05, 0) is 37.3 Å². The molecule has 0 spiro atoms. The molecule has 7 heteroatoms. The highest BCUT2D eigenvalue weighted by atomic mass is 79.9. The third-order valence-electron chi connectivity index (χ3n) is 3.32. The second kappa shape index (κ2) is 6.21. The summed E-state index contributed by atoms with van der Waals surface area (Å²) < 4.78 is 6.45. The molecule has 2 aromatic heterocycles. The van der Waals surface area contributed by atoms with Gasteiger partial charge in [0.05, 0.1) is 5.56 Å². The van der Waals surface area contributed by atoms with Crippen LogP contribution in [0.1, 0.15) is 26.5 Å². The van der Waals surface area contributed by atoms with Crippen LogP contribution in [0.25, 0.3) is 11.0 Å². The summed E-state index contributed by atoms with van der Waals surface area (Å²) in [5.41, 5.74) is 6.33. The van der Waals surface area contributed by atoms with Crippen LogP contribution >= 0.6 is 15.9 Å². The Hall–Kier alpha value is -2.67. The van der Waals surface area contributed by atoms with E-state index in [1.807, 2.05) is 12.1 Å². The molecule has 0 aliphatic heterocycles. The molecule has 0 unspecified atom stereocenters. The van der Waals surface area contributed by atoms with E-state index in [4.69, 9.17) is 4.42 Å². The molecule has 1 aromatic carbocycles. The summed E-state index contributed by atoms with van der Waals surface area (Å²) in [6, 6.07) is 8.71. The van der Waals surface area contributed by atoms with Crippen molar-refractivity contribution in [3.8, 4) is 0 Å². The van der Waals surface area contributed by atoms with Crippen LogP contribution in [0.15, 0.2) is 51.6 Å². The van der Waals surface area contributed by atoms with E-state index in [-0.39, 0.29) is 5.76 Å². The van der Waals surface area contributed by atoms with E-state index in [1.165, 1.54) is 6.20 Å². The molecule has 2 N–H and O–H groups in total. The molecule has 0 atom stereocenters. The van der Waals surface area contributed by atoms with Gasteiger partial charge in [-0.1, -0.05) is 15.9 Å². The van der Waals surface area contributed by atoms with Crippen molar-refractivity contribution >= 4 is 38.7 Å². The monoisotopic (exact) mass is 373 g/mol. The smallest absolute Gasteiger partial charge is 0.305 e. The van der Waals surface area contributed by atoms with Gasteiger partial charge < -0.3 is 4.42 Å². The number of amides is 2. The number of furan rings is 1. The summed E-state index contributed by atoms with van der Waals surface area (Å²) in [7, 11) is 0. The van der Waals surface area contributed by atoms with E-state index in [9.17, 15) is 9.59 Å². The molecule has 0 saturated carbocycles. The first-order valence-corrected chi connectivity index (χ1v) is 7.55. The van der Waals surface area contributed by atoms with E-state index in [1.54, 1.807) is 31.3 Å². The van der Waals surface area contributed by atoms with Crippen LogP contribution in [-0.4, -0.2) is 16.8 Å². The number of benzene rings is 1. The SMILES string of the molecule is Cc1c(C(=O)NNC(=O)c2cccnc2)oc2ccc(Br)cc12. The topological polar surface area (TPSA) is 84.2 Å². The summed E-state index contributed by atoms with van der Waals surface area (Å²) in [6.45, 7) is 1.79. The van der Waals surface area contributed by atoms with Gasteiger partial charge >= 0.3 is 5.91 Å². The minimum atomic E-state index is -0.521. The zero-order valence-electron chi connectivity index (χ0n) is 12.1. The van der Waals surface area contributed by atoms with Crippen LogP contribution in [0, 0.1) is 6.92 Å². The third-order valence-corrected chi connectivity index (χ3v) is 3.81. The second-order valence-electron chi connectivity index (χ2n) is 4.85.